The summed E-state index contributed by atoms with van der Waals surface area (Å²) in [5.41, 5.74) is 2.26. The Bertz CT molecular complexity index is 1090. The van der Waals surface area contributed by atoms with Gasteiger partial charge >= 0.3 is 0 Å². The number of nitrogens with zero attached hydrogens (tertiary/aromatic N) is 2. The minimum Gasteiger partial charge on any atom is -0.325 e. The highest BCUT2D eigenvalue weighted by Gasteiger charge is 2.19. The van der Waals surface area contributed by atoms with Gasteiger partial charge in [-0.2, -0.15) is 0 Å². The molecule has 0 spiro atoms. The predicted molar refractivity (Wildman–Crippen MR) is 114 cm³/mol. The first-order valence-corrected chi connectivity index (χ1v) is 11.3. The maximum Gasteiger partial charge on any atom is 0.238 e. The largest absolute Gasteiger partial charge is 0.325 e. The lowest BCUT2D eigenvalue weighted by atomic mass is 10.1. The normalized spacial score (nSPS) is 12.3. The molecule has 150 valence electrons. The molecule has 0 saturated carbocycles. The molecule has 1 aromatic heterocycles. The minimum absolute atomic E-state index is 0.00802. The predicted octanol–water partition coefficient (Wildman–Crippen LogP) is 3.30. The van der Waals surface area contributed by atoms with E-state index >= 15 is 0 Å². The Morgan fingerprint density at radius 3 is 2.41 bits per heavy atom. The molecule has 0 saturated heterocycles. The number of hydrogen-bond donors (Lipinski definition) is 2. The van der Waals surface area contributed by atoms with Crippen molar-refractivity contribution < 1.29 is 13.2 Å². The Morgan fingerprint density at radius 2 is 1.79 bits per heavy atom. The molecule has 0 fully saturated rings. The van der Waals surface area contributed by atoms with Gasteiger partial charge in [-0.05, 0) is 36.8 Å². The maximum absolute atomic E-state index is 12.7. The zero-order chi connectivity index (χ0) is 20.9. The molecule has 29 heavy (non-hydrogen) atoms. The molecule has 3 aromatic rings. The third-order valence-corrected chi connectivity index (χ3v) is 6.31. The van der Waals surface area contributed by atoms with Crippen LogP contribution in [0.2, 0.25) is 0 Å². The second kappa shape index (κ2) is 9.17. The molecule has 0 bridgehead atoms. The second-order valence-electron chi connectivity index (χ2n) is 6.18. The molecule has 1 unspecified atom stereocenters. The zero-order valence-corrected chi connectivity index (χ0v) is 17.3. The lowest BCUT2D eigenvalue weighted by Gasteiger charge is -2.15. The summed E-state index contributed by atoms with van der Waals surface area (Å²) in [6.45, 7) is 1.92. The van der Waals surface area contributed by atoms with E-state index in [1.807, 2.05) is 43.3 Å². The molecule has 1 amide bonds. The first kappa shape index (κ1) is 21.0. The van der Waals surface area contributed by atoms with Gasteiger partial charge in [0.05, 0.1) is 15.8 Å². The van der Waals surface area contributed by atoms with E-state index in [1.54, 1.807) is 0 Å². The number of carbonyl (C=O) groups is 1. The van der Waals surface area contributed by atoms with Crippen LogP contribution in [0.25, 0.3) is 11.3 Å². The smallest absolute Gasteiger partial charge is 0.238 e. The highest BCUT2D eigenvalue weighted by molar-refractivity contribution is 8.00. The van der Waals surface area contributed by atoms with Crippen LogP contribution in [0.15, 0.2) is 76.9 Å². The van der Waals surface area contributed by atoms with Gasteiger partial charge in [0.2, 0.25) is 15.9 Å². The Hall–Kier alpha value is -2.75. The van der Waals surface area contributed by atoms with Gasteiger partial charge in [0, 0.05) is 11.3 Å². The number of sulfonamides is 1. The van der Waals surface area contributed by atoms with Gasteiger partial charge in [0.15, 0.2) is 0 Å². The number of carbonyl (C=O) groups excluding carboxylic acids is 1. The van der Waals surface area contributed by atoms with Crippen LogP contribution < -0.4 is 10.5 Å². The van der Waals surface area contributed by atoms with E-state index in [4.69, 9.17) is 5.14 Å². The number of aromatic nitrogens is 2. The van der Waals surface area contributed by atoms with Crippen molar-refractivity contribution in [2.45, 2.75) is 28.5 Å². The summed E-state index contributed by atoms with van der Waals surface area (Å²) in [4.78, 5) is 21.2. The molecule has 0 aliphatic heterocycles. The molecule has 3 rings (SSSR count). The number of amides is 1. The minimum atomic E-state index is -3.77. The highest BCUT2D eigenvalue weighted by atomic mass is 32.2. The number of nitrogens with one attached hydrogen (secondary N) is 1. The fourth-order valence-corrected chi connectivity index (χ4v) is 4.02. The molecule has 0 radical (unpaired) electrons. The van der Waals surface area contributed by atoms with Crippen LogP contribution in [0.5, 0.6) is 0 Å². The number of hydrogen-bond acceptors (Lipinski definition) is 6. The molecule has 1 atom stereocenters. The Kier molecular flexibility index (Phi) is 6.63. The lowest BCUT2D eigenvalue weighted by molar-refractivity contribution is -0.115. The van der Waals surface area contributed by atoms with Crippen molar-refractivity contribution >= 4 is 33.4 Å². The first-order valence-electron chi connectivity index (χ1n) is 8.84. The fourth-order valence-electron chi connectivity index (χ4n) is 2.59. The molecule has 9 heteroatoms. The molecule has 7 nitrogen and oxygen atoms in total. The first-order chi connectivity index (χ1) is 13.9. The van der Waals surface area contributed by atoms with Crippen LogP contribution in [-0.2, 0) is 14.8 Å². The molecule has 3 N–H and O–H groups in total. The van der Waals surface area contributed by atoms with E-state index in [-0.39, 0.29) is 16.1 Å². The highest BCUT2D eigenvalue weighted by Crippen LogP contribution is 2.27. The molecule has 0 aliphatic rings. The van der Waals surface area contributed by atoms with E-state index in [0.717, 1.165) is 11.3 Å². The number of nitrogens with two attached hydrogens (primary N) is 1. The number of rotatable bonds is 7. The topological polar surface area (TPSA) is 115 Å². The van der Waals surface area contributed by atoms with E-state index in [0.29, 0.717) is 17.1 Å². The van der Waals surface area contributed by atoms with Crippen molar-refractivity contribution in [3.63, 3.8) is 0 Å². The van der Waals surface area contributed by atoms with Crippen molar-refractivity contribution in [3.8, 4) is 11.3 Å². The average Bonchev–Trinajstić information content (AvgIpc) is 2.72. The van der Waals surface area contributed by atoms with Gasteiger partial charge in [-0.15, -0.1) is 0 Å². The third-order valence-electron chi connectivity index (χ3n) is 4.09. The van der Waals surface area contributed by atoms with Gasteiger partial charge in [0.25, 0.3) is 0 Å². The van der Waals surface area contributed by atoms with Crippen molar-refractivity contribution in [3.05, 3.63) is 67.0 Å². The quantitative estimate of drug-likeness (QED) is 0.441. The summed E-state index contributed by atoms with van der Waals surface area (Å²) in [6.07, 6.45) is 2.08. The number of primary sulfonamides is 1. The lowest BCUT2D eigenvalue weighted by Crippen LogP contribution is -2.24. The summed E-state index contributed by atoms with van der Waals surface area (Å²) in [5.74, 6) is -0.194. The van der Waals surface area contributed by atoms with Gasteiger partial charge < -0.3 is 5.32 Å². The number of benzene rings is 2. The average molecular weight is 429 g/mol. The second-order valence-corrected chi connectivity index (χ2v) is 8.97. The SMILES string of the molecule is CCC(Sc1cc(-c2ccccc2)ncn1)C(=O)Nc1ccc(S(N)(=O)=O)cc1. The monoisotopic (exact) mass is 428 g/mol. The van der Waals surface area contributed by atoms with Crippen molar-refractivity contribution in [1.82, 2.24) is 9.97 Å². The standard InChI is InChI=1S/C20H20N4O3S2/c1-2-18(20(25)24-15-8-10-16(11-9-15)29(21,26)27)28-19-12-17(22-13-23-19)14-6-4-3-5-7-14/h3-13,18H,2H2,1H3,(H,24,25)(H2,21,26,27). The van der Waals surface area contributed by atoms with Crippen molar-refractivity contribution in [2.75, 3.05) is 5.32 Å². The summed E-state index contributed by atoms with van der Waals surface area (Å²) in [5, 5.41) is 8.22. The van der Waals surface area contributed by atoms with Gasteiger partial charge in [-0.25, -0.2) is 23.5 Å². The number of anilines is 1. The molecule has 0 aliphatic carbocycles. The van der Waals surface area contributed by atoms with Crippen LogP contribution in [0.4, 0.5) is 5.69 Å². The van der Waals surface area contributed by atoms with E-state index in [2.05, 4.69) is 15.3 Å². The number of thioether (sulfide) groups is 1. The van der Waals surface area contributed by atoms with E-state index < -0.39 is 10.0 Å². The Morgan fingerprint density at radius 1 is 1.10 bits per heavy atom. The van der Waals surface area contributed by atoms with Gasteiger partial charge in [-0.3, -0.25) is 4.79 Å². The van der Waals surface area contributed by atoms with Crippen LogP contribution in [0.1, 0.15) is 13.3 Å². The maximum atomic E-state index is 12.7. The third kappa shape index (κ3) is 5.63. The summed E-state index contributed by atoms with van der Waals surface area (Å²) in [6, 6.07) is 17.3. The van der Waals surface area contributed by atoms with E-state index in [9.17, 15) is 13.2 Å². The summed E-state index contributed by atoms with van der Waals surface area (Å²) >= 11 is 1.35. The fraction of sp³-hybridized carbons (Fsp3) is 0.150. The van der Waals surface area contributed by atoms with Crippen molar-refractivity contribution in [1.29, 1.82) is 0 Å². The van der Waals surface area contributed by atoms with Crippen molar-refractivity contribution in [2.24, 2.45) is 5.14 Å². The van der Waals surface area contributed by atoms with Crippen LogP contribution in [0.3, 0.4) is 0 Å². The Balaban J connectivity index is 1.70. The van der Waals surface area contributed by atoms with E-state index in [1.165, 1.54) is 42.4 Å². The summed E-state index contributed by atoms with van der Waals surface area (Å²) in [7, 11) is -3.77. The molecule has 2 aromatic carbocycles. The van der Waals surface area contributed by atoms with Gasteiger partial charge in [-0.1, -0.05) is 49.0 Å². The van der Waals surface area contributed by atoms with Crippen LogP contribution in [-0.4, -0.2) is 29.5 Å². The summed E-state index contributed by atoms with van der Waals surface area (Å²) < 4.78 is 22.7. The van der Waals surface area contributed by atoms with Crippen LogP contribution in [0, 0.1) is 0 Å². The van der Waals surface area contributed by atoms with Crippen LogP contribution >= 0.6 is 11.8 Å². The molecular formula is C20H20N4O3S2. The zero-order valence-electron chi connectivity index (χ0n) is 15.6. The molecule has 1 heterocycles. The van der Waals surface area contributed by atoms with Gasteiger partial charge in [0.1, 0.15) is 11.4 Å². The molecular weight excluding hydrogens is 408 g/mol. The Labute approximate surface area is 173 Å².